The van der Waals surface area contributed by atoms with E-state index >= 15 is 0 Å². The molecule has 0 radical (unpaired) electrons. The first-order valence-corrected chi connectivity index (χ1v) is 8.47. The van der Waals surface area contributed by atoms with Gasteiger partial charge in [-0.05, 0) is 49.7 Å². The Morgan fingerprint density at radius 3 is 2.67 bits per heavy atom. The molecule has 3 rings (SSSR count). The van der Waals surface area contributed by atoms with Gasteiger partial charge < -0.3 is 15.2 Å². The van der Waals surface area contributed by atoms with Crippen LogP contribution in [-0.4, -0.2) is 23.5 Å². The largest absolute Gasteiger partial charge is 0.484 e. The van der Waals surface area contributed by atoms with Crippen LogP contribution < -0.4 is 10.5 Å². The smallest absolute Gasteiger partial charge is 0.340 e. The molecule has 0 unspecified atom stereocenters. The molecular formula is C21H20N2O4. The number of primary amides is 1. The van der Waals surface area contributed by atoms with Gasteiger partial charge in [0.15, 0.2) is 6.61 Å². The van der Waals surface area contributed by atoms with Crippen molar-refractivity contribution in [3.8, 4) is 5.75 Å². The zero-order chi connectivity index (χ0) is 19.4. The highest BCUT2D eigenvalue weighted by molar-refractivity contribution is 5.95. The number of hydrogen-bond donors (Lipinski definition) is 1. The highest BCUT2D eigenvalue weighted by Crippen LogP contribution is 2.20. The number of rotatable bonds is 6. The van der Waals surface area contributed by atoms with Gasteiger partial charge in [0.2, 0.25) is 0 Å². The molecule has 6 nitrogen and oxygen atoms in total. The summed E-state index contributed by atoms with van der Waals surface area (Å²) in [4.78, 5) is 27.8. The second kappa shape index (κ2) is 7.86. The summed E-state index contributed by atoms with van der Waals surface area (Å²) in [5, 5.41) is 0.898. The van der Waals surface area contributed by atoms with Gasteiger partial charge >= 0.3 is 5.97 Å². The molecule has 27 heavy (non-hydrogen) atoms. The molecule has 138 valence electrons. The fraction of sp³-hybridized carbons (Fsp3) is 0.190. The quantitative estimate of drug-likeness (QED) is 0.679. The maximum absolute atomic E-state index is 12.5. The lowest BCUT2D eigenvalue weighted by molar-refractivity contribution is -0.119. The molecule has 0 bridgehead atoms. The number of hydrogen-bond acceptors (Lipinski definition) is 5. The highest BCUT2D eigenvalue weighted by Gasteiger charge is 2.14. The van der Waals surface area contributed by atoms with Crippen molar-refractivity contribution >= 4 is 22.8 Å². The SMILES string of the molecule is Cc1ccc2nc(C)c(C(=O)OCc3cccc(OCC(N)=O)c3)cc2c1. The van der Waals surface area contributed by atoms with Gasteiger partial charge in [-0.25, -0.2) is 4.79 Å². The minimum atomic E-state index is -0.554. The summed E-state index contributed by atoms with van der Waals surface area (Å²) in [6, 6.07) is 14.7. The van der Waals surface area contributed by atoms with Crippen molar-refractivity contribution in [2.75, 3.05) is 6.61 Å². The molecule has 0 spiro atoms. The van der Waals surface area contributed by atoms with Crippen LogP contribution in [0.5, 0.6) is 5.75 Å². The molecule has 1 aromatic heterocycles. The summed E-state index contributed by atoms with van der Waals surface area (Å²) in [6.45, 7) is 3.65. The molecule has 0 atom stereocenters. The van der Waals surface area contributed by atoms with E-state index < -0.39 is 11.9 Å². The van der Waals surface area contributed by atoms with Gasteiger partial charge in [0, 0.05) is 5.39 Å². The normalized spacial score (nSPS) is 10.6. The number of ether oxygens (including phenoxy) is 2. The molecule has 0 saturated carbocycles. The van der Waals surface area contributed by atoms with Gasteiger partial charge in [0.25, 0.3) is 5.91 Å². The second-order valence-electron chi connectivity index (χ2n) is 6.30. The van der Waals surface area contributed by atoms with Crippen LogP contribution in [0.1, 0.15) is 27.2 Å². The predicted molar refractivity (Wildman–Crippen MR) is 101 cm³/mol. The Kier molecular flexibility index (Phi) is 5.35. The number of aryl methyl sites for hydroxylation is 2. The number of benzene rings is 2. The first-order chi connectivity index (χ1) is 12.9. The van der Waals surface area contributed by atoms with Gasteiger partial charge in [-0.1, -0.05) is 23.8 Å². The number of fused-ring (bicyclic) bond motifs is 1. The monoisotopic (exact) mass is 364 g/mol. The number of carbonyl (C=O) groups excluding carboxylic acids is 2. The lowest BCUT2D eigenvalue weighted by Crippen LogP contribution is -2.20. The summed E-state index contributed by atoms with van der Waals surface area (Å²) in [7, 11) is 0. The van der Waals surface area contributed by atoms with Crippen LogP contribution in [-0.2, 0) is 16.1 Å². The summed E-state index contributed by atoms with van der Waals surface area (Å²) in [5.74, 6) is -0.505. The molecular weight excluding hydrogens is 344 g/mol. The van der Waals surface area contributed by atoms with Gasteiger partial charge in [-0.3, -0.25) is 9.78 Å². The standard InChI is InChI=1S/C21H20N2O4/c1-13-6-7-19-16(8-13)10-18(14(2)23-19)21(25)27-11-15-4-3-5-17(9-15)26-12-20(22)24/h3-10H,11-12H2,1-2H3,(H2,22,24). The third-order valence-corrected chi connectivity index (χ3v) is 4.03. The summed E-state index contributed by atoms with van der Waals surface area (Å²) in [5.41, 5.74) is 8.81. The van der Waals surface area contributed by atoms with E-state index in [9.17, 15) is 9.59 Å². The van der Waals surface area contributed by atoms with E-state index in [2.05, 4.69) is 4.98 Å². The van der Waals surface area contributed by atoms with Crippen molar-refractivity contribution in [3.05, 3.63) is 70.9 Å². The minimum Gasteiger partial charge on any atom is -0.484 e. The molecule has 0 aliphatic heterocycles. The van der Waals surface area contributed by atoms with Crippen molar-refractivity contribution < 1.29 is 19.1 Å². The molecule has 1 amide bonds. The van der Waals surface area contributed by atoms with E-state index in [0.717, 1.165) is 22.0 Å². The second-order valence-corrected chi connectivity index (χ2v) is 6.30. The van der Waals surface area contributed by atoms with E-state index in [1.807, 2.05) is 25.1 Å². The zero-order valence-corrected chi connectivity index (χ0v) is 15.2. The number of aromatic nitrogens is 1. The molecule has 1 heterocycles. The number of carbonyl (C=O) groups is 2. The average Bonchev–Trinajstić information content (AvgIpc) is 2.64. The summed E-state index contributed by atoms with van der Waals surface area (Å²) >= 11 is 0. The van der Waals surface area contributed by atoms with Gasteiger partial charge in [0.1, 0.15) is 12.4 Å². The number of esters is 1. The van der Waals surface area contributed by atoms with Crippen molar-refractivity contribution in [1.82, 2.24) is 4.98 Å². The molecule has 6 heteroatoms. The van der Waals surface area contributed by atoms with E-state index in [4.69, 9.17) is 15.2 Å². The minimum absolute atomic E-state index is 0.0812. The molecule has 3 aromatic rings. The molecule has 2 aromatic carbocycles. The van der Waals surface area contributed by atoms with E-state index in [1.54, 1.807) is 37.3 Å². The highest BCUT2D eigenvalue weighted by atomic mass is 16.5. The Balaban J connectivity index is 1.72. The number of amides is 1. The Morgan fingerprint density at radius 1 is 1.07 bits per heavy atom. The third kappa shape index (κ3) is 4.61. The number of nitrogens with two attached hydrogens (primary N) is 1. The first kappa shape index (κ1) is 18.4. The third-order valence-electron chi connectivity index (χ3n) is 4.03. The van der Waals surface area contributed by atoms with Crippen molar-refractivity contribution in [2.45, 2.75) is 20.5 Å². The fourth-order valence-electron chi connectivity index (χ4n) is 2.70. The lowest BCUT2D eigenvalue weighted by atomic mass is 10.1. The van der Waals surface area contributed by atoms with Crippen LogP contribution in [0.4, 0.5) is 0 Å². The molecule has 0 fully saturated rings. The maximum Gasteiger partial charge on any atom is 0.340 e. The summed E-state index contributed by atoms with van der Waals surface area (Å²) < 4.78 is 10.7. The average molecular weight is 364 g/mol. The molecule has 0 saturated heterocycles. The maximum atomic E-state index is 12.5. The van der Waals surface area contributed by atoms with Gasteiger partial charge in [-0.2, -0.15) is 0 Å². The predicted octanol–water partition coefficient (Wildman–Crippen LogP) is 3.07. The Bertz CT molecular complexity index is 1010. The number of pyridine rings is 1. The molecule has 0 aliphatic carbocycles. The van der Waals surface area contributed by atoms with Crippen molar-refractivity contribution in [3.63, 3.8) is 0 Å². The van der Waals surface area contributed by atoms with E-state index in [1.165, 1.54) is 0 Å². The van der Waals surface area contributed by atoms with Crippen LogP contribution in [0.3, 0.4) is 0 Å². The lowest BCUT2D eigenvalue weighted by Gasteiger charge is -2.10. The van der Waals surface area contributed by atoms with E-state index in [0.29, 0.717) is 17.0 Å². The molecule has 2 N–H and O–H groups in total. The fourth-order valence-corrected chi connectivity index (χ4v) is 2.70. The van der Waals surface area contributed by atoms with Crippen LogP contribution in [0.15, 0.2) is 48.5 Å². The Morgan fingerprint density at radius 2 is 1.89 bits per heavy atom. The molecule has 0 aliphatic rings. The van der Waals surface area contributed by atoms with Crippen LogP contribution in [0.2, 0.25) is 0 Å². The van der Waals surface area contributed by atoms with Gasteiger partial charge in [0.05, 0.1) is 16.8 Å². The van der Waals surface area contributed by atoms with Gasteiger partial charge in [-0.15, -0.1) is 0 Å². The number of nitrogens with zero attached hydrogens (tertiary/aromatic N) is 1. The zero-order valence-electron chi connectivity index (χ0n) is 15.2. The van der Waals surface area contributed by atoms with Crippen LogP contribution in [0, 0.1) is 13.8 Å². The van der Waals surface area contributed by atoms with Crippen LogP contribution >= 0.6 is 0 Å². The first-order valence-electron chi connectivity index (χ1n) is 8.47. The van der Waals surface area contributed by atoms with Crippen molar-refractivity contribution in [2.24, 2.45) is 5.73 Å². The Hall–Kier alpha value is -3.41. The summed E-state index contributed by atoms with van der Waals surface area (Å²) in [6.07, 6.45) is 0. The van der Waals surface area contributed by atoms with Crippen molar-refractivity contribution in [1.29, 1.82) is 0 Å². The van der Waals surface area contributed by atoms with E-state index in [-0.39, 0.29) is 13.2 Å². The topological polar surface area (TPSA) is 91.5 Å². The Labute approximate surface area is 156 Å². The van der Waals surface area contributed by atoms with Crippen LogP contribution in [0.25, 0.3) is 10.9 Å².